The molecule has 126 valence electrons. The van der Waals surface area contributed by atoms with Gasteiger partial charge in [0.15, 0.2) is 0 Å². The third-order valence-corrected chi connectivity index (χ3v) is 3.63. The van der Waals surface area contributed by atoms with Gasteiger partial charge in [-0.25, -0.2) is 4.79 Å². The molecule has 23 heavy (non-hydrogen) atoms. The second kappa shape index (κ2) is 6.89. The maximum atomic E-state index is 12.7. The van der Waals surface area contributed by atoms with Crippen molar-refractivity contribution in [2.24, 2.45) is 5.41 Å². The number of carbonyl (C=O) groups is 2. The van der Waals surface area contributed by atoms with E-state index in [1.54, 1.807) is 30.0 Å². The van der Waals surface area contributed by atoms with Gasteiger partial charge in [-0.05, 0) is 39.3 Å². The van der Waals surface area contributed by atoms with Gasteiger partial charge in [0.2, 0.25) is 5.91 Å². The average molecular weight is 320 g/mol. The Morgan fingerprint density at radius 2 is 2.13 bits per heavy atom. The largest absolute Gasteiger partial charge is 0.490 e. The summed E-state index contributed by atoms with van der Waals surface area (Å²) in [5, 5.41) is 2.65. The highest BCUT2D eigenvalue weighted by atomic mass is 16.5. The van der Waals surface area contributed by atoms with E-state index in [0.29, 0.717) is 31.2 Å². The molecule has 1 heterocycles. The van der Waals surface area contributed by atoms with Crippen molar-refractivity contribution in [2.45, 2.75) is 34.1 Å². The van der Waals surface area contributed by atoms with Crippen LogP contribution in [-0.4, -0.2) is 31.8 Å². The number of benzene rings is 1. The van der Waals surface area contributed by atoms with Gasteiger partial charge in [0.25, 0.3) is 0 Å². The van der Waals surface area contributed by atoms with Gasteiger partial charge < -0.3 is 14.4 Å². The lowest BCUT2D eigenvalue weighted by Gasteiger charge is -2.27. The topological polar surface area (TPSA) is 67.9 Å². The van der Waals surface area contributed by atoms with Crippen LogP contribution in [0.2, 0.25) is 0 Å². The number of hydrogen-bond acceptors (Lipinski definition) is 4. The molecule has 6 nitrogen and oxygen atoms in total. The molecule has 0 fully saturated rings. The molecular formula is C17H24N2O4. The zero-order valence-corrected chi connectivity index (χ0v) is 14.1. The standard InChI is InChI=1S/C17H24N2O4/c1-5-9-19-13-8-7-12(18-16(21)22-6-2)10-14(13)23-11-17(3,4)15(19)20/h7-8,10H,5-6,9,11H2,1-4H3,(H,18,21). The second-order valence-electron chi connectivity index (χ2n) is 6.16. The maximum Gasteiger partial charge on any atom is 0.411 e. The van der Waals surface area contributed by atoms with E-state index in [1.165, 1.54) is 0 Å². The van der Waals surface area contributed by atoms with Crippen LogP contribution in [0.15, 0.2) is 18.2 Å². The minimum atomic E-state index is -0.594. The molecule has 0 radical (unpaired) electrons. The van der Waals surface area contributed by atoms with Gasteiger partial charge in [-0.15, -0.1) is 0 Å². The van der Waals surface area contributed by atoms with Crippen molar-refractivity contribution in [3.05, 3.63) is 18.2 Å². The molecule has 1 aliphatic heterocycles. The molecule has 2 rings (SSSR count). The monoisotopic (exact) mass is 320 g/mol. The molecule has 6 heteroatoms. The SMILES string of the molecule is CCCN1C(=O)C(C)(C)COc2cc(NC(=O)OCC)ccc21. The van der Waals surface area contributed by atoms with E-state index in [4.69, 9.17) is 9.47 Å². The van der Waals surface area contributed by atoms with Crippen molar-refractivity contribution in [1.82, 2.24) is 0 Å². The lowest BCUT2D eigenvalue weighted by Crippen LogP contribution is -2.42. The van der Waals surface area contributed by atoms with Crippen molar-refractivity contribution >= 4 is 23.4 Å². The molecule has 0 aliphatic carbocycles. The van der Waals surface area contributed by atoms with Crippen LogP contribution in [0.25, 0.3) is 0 Å². The number of carbonyl (C=O) groups excluding carboxylic acids is 2. The predicted molar refractivity (Wildman–Crippen MR) is 89.0 cm³/mol. The van der Waals surface area contributed by atoms with Crippen molar-refractivity contribution in [3.8, 4) is 5.75 Å². The Kier molecular flexibility index (Phi) is 5.13. The smallest absolute Gasteiger partial charge is 0.411 e. The summed E-state index contributed by atoms with van der Waals surface area (Å²) in [4.78, 5) is 26.0. The Hall–Kier alpha value is -2.24. The van der Waals surface area contributed by atoms with E-state index in [0.717, 1.165) is 12.1 Å². The summed E-state index contributed by atoms with van der Waals surface area (Å²) < 4.78 is 10.7. The minimum absolute atomic E-state index is 0.0456. The van der Waals surface area contributed by atoms with Crippen LogP contribution >= 0.6 is 0 Å². The number of hydrogen-bond donors (Lipinski definition) is 1. The molecule has 0 saturated heterocycles. The fourth-order valence-electron chi connectivity index (χ4n) is 2.46. The summed E-state index contributed by atoms with van der Waals surface area (Å²) in [6.07, 6.45) is 0.340. The van der Waals surface area contributed by atoms with Crippen LogP contribution in [-0.2, 0) is 9.53 Å². The highest BCUT2D eigenvalue weighted by molar-refractivity contribution is 5.99. The van der Waals surface area contributed by atoms with E-state index < -0.39 is 11.5 Å². The number of amides is 2. The molecule has 1 aliphatic rings. The highest BCUT2D eigenvalue weighted by Crippen LogP contribution is 2.38. The Labute approximate surface area is 136 Å². The first-order valence-electron chi connectivity index (χ1n) is 7.91. The molecule has 1 aromatic carbocycles. The van der Waals surface area contributed by atoms with Gasteiger partial charge in [0.05, 0.1) is 17.7 Å². The lowest BCUT2D eigenvalue weighted by atomic mass is 9.93. The van der Waals surface area contributed by atoms with Crippen molar-refractivity contribution < 1.29 is 19.1 Å². The summed E-state index contributed by atoms with van der Waals surface area (Å²) in [6, 6.07) is 5.27. The number of nitrogens with zero attached hydrogens (tertiary/aromatic N) is 1. The lowest BCUT2D eigenvalue weighted by molar-refractivity contribution is -0.127. The Morgan fingerprint density at radius 1 is 1.39 bits per heavy atom. The van der Waals surface area contributed by atoms with Gasteiger partial charge in [-0.3, -0.25) is 10.1 Å². The van der Waals surface area contributed by atoms with Crippen LogP contribution in [0.5, 0.6) is 5.75 Å². The summed E-state index contributed by atoms with van der Waals surface area (Å²) >= 11 is 0. The van der Waals surface area contributed by atoms with E-state index in [2.05, 4.69) is 5.32 Å². The summed E-state index contributed by atoms with van der Waals surface area (Å²) in [6.45, 7) is 8.76. The number of nitrogens with one attached hydrogen (secondary N) is 1. The molecule has 0 bridgehead atoms. The van der Waals surface area contributed by atoms with E-state index in [1.807, 2.05) is 20.8 Å². The molecular weight excluding hydrogens is 296 g/mol. The summed E-state index contributed by atoms with van der Waals surface area (Å²) in [5.41, 5.74) is 0.714. The van der Waals surface area contributed by atoms with E-state index in [-0.39, 0.29) is 5.91 Å². The summed E-state index contributed by atoms with van der Waals surface area (Å²) in [5.74, 6) is 0.635. The molecule has 2 amide bonds. The number of anilines is 2. The van der Waals surface area contributed by atoms with Crippen LogP contribution < -0.4 is 15.0 Å². The molecule has 1 aromatic rings. The molecule has 0 atom stereocenters. The number of rotatable bonds is 4. The van der Waals surface area contributed by atoms with Crippen LogP contribution in [0, 0.1) is 5.41 Å². The third-order valence-electron chi connectivity index (χ3n) is 3.63. The normalized spacial score (nSPS) is 16.2. The molecule has 0 unspecified atom stereocenters. The van der Waals surface area contributed by atoms with Crippen molar-refractivity contribution in [2.75, 3.05) is 30.0 Å². The van der Waals surface area contributed by atoms with Crippen molar-refractivity contribution in [1.29, 1.82) is 0 Å². The first-order chi connectivity index (χ1) is 10.9. The van der Waals surface area contributed by atoms with Crippen molar-refractivity contribution in [3.63, 3.8) is 0 Å². The van der Waals surface area contributed by atoms with Gasteiger partial charge in [0, 0.05) is 18.3 Å². The fourth-order valence-corrected chi connectivity index (χ4v) is 2.46. The molecule has 1 N–H and O–H groups in total. The van der Waals surface area contributed by atoms with Gasteiger partial charge >= 0.3 is 6.09 Å². The van der Waals surface area contributed by atoms with Gasteiger partial charge in [0.1, 0.15) is 12.4 Å². The average Bonchev–Trinajstić information content (AvgIpc) is 2.58. The Morgan fingerprint density at radius 3 is 2.78 bits per heavy atom. The first-order valence-corrected chi connectivity index (χ1v) is 7.91. The predicted octanol–water partition coefficient (Wildman–Crippen LogP) is 3.42. The fraction of sp³-hybridized carbons (Fsp3) is 0.529. The molecule has 0 saturated carbocycles. The maximum absolute atomic E-state index is 12.7. The van der Waals surface area contributed by atoms with Crippen LogP contribution in [0.3, 0.4) is 0 Å². The summed E-state index contributed by atoms with van der Waals surface area (Å²) in [7, 11) is 0. The minimum Gasteiger partial charge on any atom is -0.490 e. The Bertz CT molecular complexity index is 598. The Balaban J connectivity index is 2.33. The van der Waals surface area contributed by atoms with Gasteiger partial charge in [-0.2, -0.15) is 0 Å². The highest BCUT2D eigenvalue weighted by Gasteiger charge is 2.37. The van der Waals surface area contributed by atoms with Crippen LogP contribution in [0.1, 0.15) is 34.1 Å². The number of fused-ring (bicyclic) bond motifs is 1. The van der Waals surface area contributed by atoms with E-state index >= 15 is 0 Å². The third kappa shape index (κ3) is 3.75. The van der Waals surface area contributed by atoms with Gasteiger partial charge in [-0.1, -0.05) is 6.92 Å². The second-order valence-corrected chi connectivity index (χ2v) is 6.16. The zero-order valence-electron chi connectivity index (χ0n) is 14.1. The molecule has 0 spiro atoms. The van der Waals surface area contributed by atoms with Crippen LogP contribution in [0.4, 0.5) is 16.2 Å². The molecule has 0 aromatic heterocycles. The zero-order chi connectivity index (χ0) is 17.0. The quantitative estimate of drug-likeness (QED) is 0.923. The number of ether oxygens (including phenoxy) is 2. The first kappa shape index (κ1) is 17.1. The van der Waals surface area contributed by atoms with E-state index in [9.17, 15) is 9.59 Å².